The Morgan fingerprint density at radius 2 is 2.00 bits per heavy atom. The van der Waals surface area contributed by atoms with Gasteiger partial charge in [0.2, 0.25) is 0 Å². The van der Waals surface area contributed by atoms with E-state index < -0.39 is 5.82 Å². The van der Waals surface area contributed by atoms with E-state index in [1.54, 1.807) is 0 Å². The maximum Gasteiger partial charge on any atom is 0.144 e. The van der Waals surface area contributed by atoms with Gasteiger partial charge in [-0.2, -0.15) is 0 Å². The van der Waals surface area contributed by atoms with Crippen LogP contribution in [0.1, 0.15) is 33.1 Å². The van der Waals surface area contributed by atoms with Crippen LogP contribution in [-0.2, 0) is 0 Å². The van der Waals surface area contributed by atoms with Gasteiger partial charge in [0, 0.05) is 19.2 Å². The first-order valence-electron chi connectivity index (χ1n) is 6.38. The number of halogens is 2. The molecule has 1 aromatic rings. The van der Waals surface area contributed by atoms with Gasteiger partial charge < -0.3 is 10.6 Å². The van der Waals surface area contributed by atoms with Crippen molar-refractivity contribution in [3.8, 4) is 0 Å². The Morgan fingerprint density at radius 3 is 2.72 bits per heavy atom. The highest BCUT2D eigenvalue weighted by Crippen LogP contribution is 2.35. The van der Waals surface area contributed by atoms with Crippen molar-refractivity contribution < 1.29 is 4.39 Å². The molecule has 2 N–H and O–H groups in total. The molecule has 0 aromatic heterocycles. The van der Waals surface area contributed by atoms with Gasteiger partial charge in [-0.15, -0.1) is 0 Å². The Morgan fingerprint density at radius 1 is 1.28 bits per heavy atom. The van der Waals surface area contributed by atoms with Crippen LogP contribution >= 0.6 is 11.6 Å². The SMILES string of the molecule is CC1(C)CCCN(c2cc(F)c(Cl)cc2N)CC1. The van der Waals surface area contributed by atoms with E-state index in [-0.39, 0.29) is 5.02 Å². The molecule has 0 amide bonds. The molecule has 0 saturated carbocycles. The Bertz CT molecular complexity index is 446. The molecule has 0 aliphatic carbocycles. The summed E-state index contributed by atoms with van der Waals surface area (Å²) in [6.07, 6.45) is 3.40. The Balaban J connectivity index is 2.24. The molecule has 1 fully saturated rings. The molecule has 1 saturated heterocycles. The highest BCUT2D eigenvalue weighted by Gasteiger charge is 2.24. The monoisotopic (exact) mass is 270 g/mol. The first kappa shape index (κ1) is 13.5. The first-order chi connectivity index (χ1) is 8.39. The lowest BCUT2D eigenvalue weighted by atomic mass is 9.85. The standard InChI is InChI=1S/C14H20ClFN2/c1-14(2)4-3-6-18(7-5-14)13-9-11(16)10(15)8-12(13)17/h8-9H,3-7,17H2,1-2H3. The third-order valence-corrected chi connectivity index (χ3v) is 4.04. The molecule has 100 valence electrons. The molecule has 0 spiro atoms. The molecule has 1 aliphatic rings. The van der Waals surface area contributed by atoms with Crippen LogP contribution in [0.2, 0.25) is 5.02 Å². The zero-order chi connectivity index (χ0) is 13.3. The van der Waals surface area contributed by atoms with E-state index in [4.69, 9.17) is 17.3 Å². The minimum atomic E-state index is -0.399. The van der Waals surface area contributed by atoms with Gasteiger partial charge in [0.15, 0.2) is 0 Å². The van der Waals surface area contributed by atoms with Gasteiger partial charge in [0.05, 0.1) is 16.4 Å². The van der Waals surface area contributed by atoms with Crippen LogP contribution in [0.15, 0.2) is 12.1 Å². The molecule has 2 nitrogen and oxygen atoms in total. The zero-order valence-corrected chi connectivity index (χ0v) is 11.7. The summed E-state index contributed by atoms with van der Waals surface area (Å²) in [5.74, 6) is -0.399. The second-order valence-electron chi connectivity index (χ2n) is 5.83. The van der Waals surface area contributed by atoms with Crippen molar-refractivity contribution in [2.24, 2.45) is 5.41 Å². The van der Waals surface area contributed by atoms with E-state index in [1.165, 1.54) is 18.6 Å². The lowest BCUT2D eigenvalue weighted by molar-refractivity contribution is 0.325. The van der Waals surface area contributed by atoms with Crippen molar-refractivity contribution in [3.63, 3.8) is 0 Å². The van der Waals surface area contributed by atoms with E-state index in [0.717, 1.165) is 31.6 Å². The summed E-state index contributed by atoms with van der Waals surface area (Å²) in [6, 6.07) is 2.96. The van der Waals surface area contributed by atoms with E-state index in [2.05, 4.69) is 18.7 Å². The molecule has 1 aromatic carbocycles. The summed E-state index contributed by atoms with van der Waals surface area (Å²) in [4.78, 5) is 2.17. The van der Waals surface area contributed by atoms with Crippen molar-refractivity contribution in [1.82, 2.24) is 0 Å². The van der Waals surface area contributed by atoms with Gasteiger partial charge in [-0.3, -0.25) is 0 Å². The zero-order valence-electron chi connectivity index (χ0n) is 11.0. The number of rotatable bonds is 1. The predicted octanol–water partition coefficient (Wildman–Crippen LogP) is 4.08. The van der Waals surface area contributed by atoms with E-state index in [0.29, 0.717) is 11.1 Å². The van der Waals surface area contributed by atoms with Gasteiger partial charge in [-0.25, -0.2) is 4.39 Å². The van der Waals surface area contributed by atoms with Crippen LogP contribution in [-0.4, -0.2) is 13.1 Å². The fourth-order valence-electron chi connectivity index (χ4n) is 2.49. The smallest absolute Gasteiger partial charge is 0.144 e. The fraction of sp³-hybridized carbons (Fsp3) is 0.571. The van der Waals surface area contributed by atoms with Gasteiger partial charge in [0.1, 0.15) is 5.82 Å². The number of nitrogen functional groups attached to an aromatic ring is 1. The van der Waals surface area contributed by atoms with E-state index in [9.17, 15) is 4.39 Å². The summed E-state index contributed by atoms with van der Waals surface area (Å²) in [7, 11) is 0. The lowest BCUT2D eigenvalue weighted by Gasteiger charge is -2.26. The summed E-state index contributed by atoms with van der Waals surface area (Å²) < 4.78 is 13.6. The van der Waals surface area contributed by atoms with Crippen molar-refractivity contribution in [3.05, 3.63) is 23.0 Å². The molecule has 1 aliphatic heterocycles. The van der Waals surface area contributed by atoms with Gasteiger partial charge in [-0.05, 0) is 30.7 Å². The Hall–Kier alpha value is -0.960. The fourth-order valence-corrected chi connectivity index (χ4v) is 2.66. The molecule has 0 bridgehead atoms. The molecule has 0 atom stereocenters. The van der Waals surface area contributed by atoms with Gasteiger partial charge in [-0.1, -0.05) is 25.4 Å². The maximum atomic E-state index is 13.6. The van der Waals surface area contributed by atoms with Crippen LogP contribution in [0.3, 0.4) is 0 Å². The summed E-state index contributed by atoms with van der Waals surface area (Å²) in [6.45, 7) is 6.40. The summed E-state index contributed by atoms with van der Waals surface area (Å²) >= 11 is 5.73. The van der Waals surface area contributed by atoms with Crippen LogP contribution in [0.4, 0.5) is 15.8 Å². The third-order valence-electron chi connectivity index (χ3n) is 3.75. The number of nitrogens with two attached hydrogens (primary N) is 1. The van der Waals surface area contributed by atoms with Crippen molar-refractivity contribution in [2.75, 3.05) is 23.7 Å². The Labute approximate surface area is 113 Å². The second-order valence-corrected chi connectivity index (χ2v) is 6.24. The Kier molecular flexibility index (Phi) is 3.71. The van der Waals surface area contributed by atoms with Crippen LogP contribution in [0, 0.1) is 11.2 Å². The van der Waals surface area contributed by atoms with Gasteiger partial charge >= 0.3 is 0 Å². The highest BCUT2D eigenvalue weighted by molar-refractivity contribution is 6.31. The number of nitrogens with zero attached hydrogens (tertiary/aromatic N) is 1. The number of hydrogen-bond donors (Lipinski definition) is 1. The van der Waals surface area contributed by atoms with E-state index in [1.807, 2.05) is 0 Å². The van der Waals surface area contributed by atoms with Gasteiger partial charge in [0.25, 0.3) is 0 Å². The highest BCUT2D eigenvalue weighted by atomic mass is 35.5. The predicted molar refractivity (Wildman–Crippen MR) is 75.7 cm³/mol. The minimum absolute atomic E-state index is 0.0893. The molecular weight excluding hydrogens is 251 g/mol. The molecule has 4 heteroatoms. The van der Waals surface area contributed by atoms with Crippen LogP contribution in [0.5, 0.6) is 0 Å². The van der Waals surface area contributed by atoms with Crippen molar-refractivity contribution in [2.45, 2.75) is 33.1 Å². The van der Waals surface area contributed by atoms with Crippen LogP contribution in [0.25, 0.3) is 0 Å². The van der Waals surface area contributed by atoms with Crippen molar-refractivity contribution in [1.29, 1.82) is 0 Å². The molecule has 1 heterocycles. The maximum absolute atomic E-state index is 13.6. The third kappa shape index (κ3) is 2.89. The molecule has 0 radical (unpaired) electrons. The lowest BCUT2D eigenvalue weighted by Crippen LogP contribution is -2.26. The van der Waals surface area contributed by atoms with Crippen LogP contribution < -0.4 is 10.6 Å². The number of anilines is 2. The number of hydrogen-bond acceptors (Lipinski definition) is 2. The first-order valence-corrected chi connectivity index (χ1v) is 6.76. The quantitative estimate of drug-likeness (QED) is 0.779. The minimum Gasteiger partial charge on any atom is -0.397 e. The molecule has 2 rings (SSSR count). The average Bonchev–Trinajstić information content (AvgIpc) is 2.45. The molecule has 0 unspecified atom stereocenters. The topological polar surface area (TPSA) is 29.3 Å². The molecule has 18 heavy (non-hydrogen) atoms. The summed E-state index contributed by atoms with van der Waals surface area (Å²) in [5, 5.41) is 0.0893. The number of benzene rings is 1. The summed E-state index contributed by atoms with van der Waals surface area (Å²) in [5.41, 5.74) is 7.63. The molecular formula is C14H20ClFN2. The van der Waals surface area contributed by atoms with Crippen molar-refractivity contribution >= 4 is 23.0 Å². The van der Waals surface area contributed by atoms with E-state index >= 15 is 0 Å². The average molecular weight is 271 g/mol. The normalized spacial score (nSPS) is 19.7. The largest absolute Gasteiger partial charge is 0.397 e. The second kappa shape index (κ2) is 4.96.